The number of hydrogen-bond donors (Lipinski definition) is 2. The largest absolute Gasteiger partial charge is 0.461 e. The number of aromatic amines is 1. The van der Waals surface area contributed by atoms with Crippen LogP contribution in [0.1, 0.15) is 23.8 Å². The number of carbonyl (C=O) groups is 1. The molecule has 0 aliphatic carbocycles. The number of hydrogen-bond acceptors (Lipinski definition) is 4. The van der Waals surface area contributed by atoms with Crippen LogP contribution < -0.4 is 0 Å². The van der Waals surface area contributed by atoms with Crippen molar-refractivity contribution in [3.05, 3.63) is 11.9 Å². The van der Waals surface area contributed by atoms with E-state index in [9.17, 15) is 4.79 Å². The van der Waals surface area contributed by atoms with Gasteiger partial charge in [-0.1, -0.05) is 6.92 Å². The number of esters is 1. The first-order valence-electron chi connectivity index (χ1n) is 3.65. The lowest BCUT2D eigenvalue weighted by Crippen LogP contribution is -2.05. The normalized spacial score (nSPS) is 9.83. The van der Waals surface area contributed by atoms with Gasteiger partial charge >= 0.3 is 5.97 Å². The number of carbonyl (C=O) groups excluding carboxylic acids is 1. The Bertz CT molecular complexity index is 272. The molecule has 4 nitrogen and oxygen atoms in total. The molecule has 0 fully saturated rings. The molecule has 1 N–H and O–H groups in total. The summed E-state index contributed by atoms with van der Waals surface area (Å²) in [4.78, 5) is 17.6. The van der Waals surface area contributed by atoms with Gasteiger partial charge in [-0.15, -0.1) is 12.6 Å². The van der Waals surface area contributed by atoms with Crippen LogP contribution in [0.5, 0.6) is 0 Å². The number of rotatable bonds is 3. The molecule has 1 aromatic heterocycles. The molecule has 0 aliphatic heterocycles. The van der Waals surface area contributed by atoms with Crippen molar-refractivity contribution < 1.29 is 9.53 Å². The van der Waals surface area contributed by atoms with Gasteiger partial charge in [0, 0.05) is 6.20 Å². The van der Waals surface area contributed by atoms with Crippen LogP contribution in [-0.4, -0.2) is 22.5 Å². The van der Waals surface area contributed by atoms with Crippen molar-refractivity contribution in [1.82, 2.24) is 9.97 Å². The Hall–Kier alpha value is -0.970. The summed E-state index contributed by atoms with van der Waals surface area (Å²) < 4.78 is 4.84. The van der Waals surface area contributed by atoms with E-state index in [0.29, 0.717) is 11.8 Å². The third-order valence-corrected chi connectivity index (χ3v) is 1.44. The van der Waals surface area contributed by atoms with E-state index in [1.54, 1.807) is 0 Å². The zero-order chi connectivity index (χ0) is 8.97. The predicted octanol–water partition coefficient (Wildman–Crippen LogP) is 1.27. The lowest BCUT2D eigenvalue weighted by atomic mass is 10.5. The summed E-state index contributed by atoms with van der Waals surface area (Å²) in [5.74, 6) is -0.409. The summed E-state index contributed by atoms with van der Waals surface area (Å²) >= 11 is 3.92. The first-order valence-corrected chi connectivity index (χ1v) is 4.10. The molecule has 1 rings (SSSR count). The van der Waals surface area contributed by atoms with E-state index < -0.39 is 5.97 Å². The molecule has 1 aromatic rings. The van der Waals surface area contributed by atoms with Gasteiger partial charge in [-0.3, -0.25) is 0 Å². The molecule has 0 saturated heterocycles. The molecule has 0 bridgehead atoms. The second-order valence-corrected chi connectivity index (χ2v) is 2.67. The molecule has 0 aromatic carbocycles. The van der Waals surface area contributed by atoms with E-state index in [4.69, 9.17) is 4.74 Å². The van der Waals surface area contributed by atoms with Gasteiger partial charge in [-0.2, -0.15) is 0 Å². The van der Waals surface area contributed by atoms with Crippen molar-refractivity contribution >= 4 is 18.6 Å². The monoisotopic (exact) mass is 186 g/mol. The van der Waals surface area contributed by atoms with E-state index in [-0.39, 0.29) is 5.69 Å². The van der Waals surface area contributed by atoms with Crippen LogP contribution in [0.25, 0.3) is 0 Å². The van der Waals surface area contributed by atoms with E-state index in [0.717, 1.165) is 6.42 Å². The maximum Gasteiger partial charge on any atom is 0.358 e. The highest BCUT2D eigenvalue weighted by Crippen LogP contribution is 2.02. The summed E-state index contributed by atoms with van der Waals surface area (Å²) in [6, 6.07) is 0. The van der Waals surface area contributed by atoms with Gasteiger partial charge in [0.15, 0.2) is 10.9 Å². The van der Waals surface area contributed by atoms with Crippen molar-refractivity contribution in [2.45, 2.75) is 18.5 Å². The second kappa shape index (κ2) is 4.15. The van der Waals surface area contributed by atoms with Gasteiger partial charge in [-0.25, -0.2) is 9.78 Å². The van der Waals surface area contributed by atoms with Crippen molar-refractivity contribution in [2.75, 3.05) is 6.61 Å². The average Bonchev–Trinajstić information content (AvgIpc) is 2.47. The highest BCUT2D eigenvalue weighted by molar-refractivity contribution is 7.80. The van der Waals surface area contributed by atoms with E-state index in [2.05, 4.69) is 22.6 Å². The lowest BCUT2D eigenvalue weighted by Gasteiger charge is -1.97. The van der Waals surface area contributed by atoms with Crippen LogP contribution in [-0.2, 0) is 4.74 Å². The van der Waals surface area contributed by atoms with E-state index in [1.807, 2.05) is 6.92 Å². The summed E-state index contributed by atoms with van der Waals surface area (Å²) in [5, 5.41) is 0.415. The zero-order valence-corrected chi connectivity index (χ0v) is 7.60. The molecule has 0 radical (unpaired) electrons. The number of imidazole rings is 1. The molecular weight excluding hydrogens is 176 g/mol. The number of aromatic nitrogens is 2. The van der Waals surface area contributed by atoms with Gasteiger partial charge in [-0.05, 0) is 6.42 Å². The molecule has 0 spiro atoms. The minimum Gasteiger partial charge on any atom is -0.461 e. The van der Waals surface area contributed by atoms with Gasteiger partial charge < -0.3 is 9.72 Å². The summed E-state index contributed by atoms with van der Waals surface area (Å²) in [7, 11) is 0. The number of thiol groups is 1. The van der Waals surface area contributed by atoms with Crippen molar-refractivity contribution in [2.24, 2.45) is 0 Å². The molecule has 0 aliphatic rings. The molecule has 1 heterocycles. The molecule has 12 heavy (non-hydrogen) atoms. The maximum atomic E-state index is 11.1. The molecule has 0 amide bonds. The third kappa shape index (κ3) is 2.27. The second-order valence-electron chi connectivity index (χ2n) is 2.25. The Balaban J connectivity index is 2.53. The lowest BCUT2D eigenvalue weighted by molar-refractivity contribution is 0.0498. The van der Waals surface area contributed by atoms with Crippen molar-refractivity contribution in [3.63, 3.8) is 0 Å². The Morgan fingerprint density at radius 3 is 3.08 bits per heavy atom. The number of nitrogens with zero attached hydrogens (tertiary/aromatic N) is 1. The van der Waals surface area contributed by atoms with Gasteiger partial charge in [0.1, 0.15) is 0 Å². The predicted molar refractivity (Wildman–Crippen MR) is 46.4 cm³/mol. The topological polar surface area (TPSA) is 55.0 Å². The van der Waals surface area contributed by atoms with E-state index >= 15 is 0 Å². The molecular formula is C7H10N2O2S. The summed E-state index contributed by atoms with van der Waals surface area (Å²) in [6.45, 7) is 2.36. The van der Waals surface area contributed by atoms with Crippen LogP contribution in [0.2, 0.25) is 0 Å². The summed E-state index contributed by atoms with van der Waals surface area (Å²) in [5.41, 5.74) is 0.272. The van der Waals surface area contributed by atoms with Crippen molar-refractivity contribution in [3.8, 4) is 0 Å². The van der Waals surface area contributed by atoms with Gasteiger partial charge in [0.05, 0.1) is 6.61 Å². The zero-order valence-electron chi connectivity index (χ0n) is 6.70. The molecule has 0 saturated carbocycles. The van der Waals surface area contributed by atoms with Crippen molar-refractivity contribution in [1.29, 1.82) is 0 Å². The molecule has 0 unspecified atom stereocenters. The number of nitrogens with one attached hydrogen (secondary N) is 1. The first kappa shape index (κ1) is 9.12. The standard InChI is InChI=1S/C7H10N2O2S/c1-2-3-11-6(10)5-4-8-7(12)9-5/h4H,2-3H2,1H3,(H2,8,9,12). The Kier molecular flexibility index (Phi) is 3.16. The molecule has 66 valence electrons. The Morgan fingerprint density at radius 1 is 1.83 bits per heavy atom. The fraction of sp³-hybridized carbons (Fsp3) is 0.429. The molecule has 0 atom stereocenters. The minimum atomic E-state index is -0.409. The fourth-order valence-corrected chi connectivity index (χ4v) is 0.857. The highest BCUT2D eigenvalue weighted by Gasteiger charge is 2.09. The van der Waals surface area contributed by atoms with Crippen LogP contribution in [0.15, 0.2) is 11.4 Å². The summed E-state index contributed by atoms with van der Waals surface area (Å²) in [6.07, 6.45) is 2.28. The fourth-order valence-electron chi connectivity index (χ4n) is 0.685. The third-order valence-electron chi connectivity index (χ3n) is 1.21. The van der Waals surface area contributed by atoms with Gasteiger partial charge in [0.25, 0.3) is 0 Å². The smallest absolute Gasteiger partial charge is 0.358 e. The highest BCUT2D eigenvalue weighted by atomic mass is 32.1. The Labute approximate surface area is 75.8 Å². The van der Waals surface area contributed by atoms with Crippen LogP contribution in [0, 0.1) is 0 Å². The minimum absolute atomic E-state index is 0.272. The van der Waals surface area contributed by atoms with Crippen LogP contribution in [0.4, 0.5) is 0 Å². The molecule has 5 heteroatoms. The first-order chi connectivity index (χ1) is 5.74. The van der Waals surface area contributed by atoms with Crippen LogP contribution in [0.3, 0.4) is 0 Å². The average molecular weight is 186 g/mol. The van der Waals surface area contributed by atoms with Crippen LogP contribution >= 0.6 is 12.6 Å². The SMILES string of the molecule is CCCOC(=O)c1c[nH]c(S)n1. The van der Waals surface area contributed by atoms with Gasteiger partial charge in [0.2, 0.25) is 0 Å². The van der Waals surface area contributed by atoms with E-state index in [1.165, 1.54) is 6.20 Å². The maximum absolute atomic E-state index is 11.1. The number of ether oxygens (including phenoxy) is 1. The quantitative estimate of drug-likeness (QED) is 0.552. The Morgan fingerprint density at radius 2 is 2.58 bits per heavy atom. The number of H-pyrrole nitrogens is 1.